The van der Waals surface area contributed by atoms with Gasteiger partial charge in [0.05, 0.1) is 27.7 Å². The first-order chi connectivity index (χ1) is 18.8. The van der Waals surface area contributed by atoms with Gasteiger partial charge in [-0.05, 0) is 69.8 Å². The summed E-state index contributed by atoms with van der Waals surface area (Å²) in [6.45, 7) is 0. The Morgan fingerprint density at radius 1 is 0.366 bits per heavy atom. The number of hydrogen-bond donors (Lipinski definition) is 0. The van der Waals surface area contributed by atoms with E-state index < -0.39 is 63.5 Å². The minimum absolute atomic E-state index is 0.0823. The van der Waals surface area contributed by atoms with Gasteiger partial charge in [0.2, 0.25) is 0 Å². The van der Waals surface area contributed by atoms with E-state index in [4.69, 9.17) is 0 Å². The molecule has 0 bridgehead atoms. The average molecular weight is 590 g/mol. The van der Waals surface area contributed by atoms with Crippen LogP contribution in [0.3, 0.4) is 0 Å². The maximum Gasteiger partial charge on any atom is 0.416 e. The zero-order valence-electron chi connectivity index (χ0n) is 20.1. The smallest absolute Gasteiger partial charge is 0.166 e. The lowest BCUT2D eigenvalue weighted by Gasteiger charge is -2.35. The molecule has 0 N–H and O–H groups in total. The van der Waals surface area contributed by atoms with Gasteiger partial charge in [-0.25, -0.2) is 0 Å². The minimum atomic E-state index is -5.33. The van der Waals surface area contributed by atoms with Crippen molar-refractivity contribution < 1.29 is 52.7 Å². The van der Waals surface area contributed by atoms with Gasteiger partial charge in [0, 0.05) is 0 Å². The summed E-state index contributed by atoms with van der Waals surface area (Å²) in [6.07, 6.45) is -21.3. The quantitative estimate of drug-likeness (QED) is 0.180. The summed E-state index contributed by atoms with van der Waals surface area (Å²) in [5, 5.41) is 0. The van der Waals surface area contributed by atoms with E-state index >= 15 is 0 Å². The van der Waals surface area contributed by atoms with E-state index in [0.717, 1.165) is 0 Å². The fourth-order valence-corrected chi connectivity index (χ4v) is 5.37. The van der Waals surface area contributed by atoms with Gasteiger partial charge in [0.15, 0.2) is 0 Å². The lowest BCUT2D eigenvalue weighted by molar-refractivity contribution is -0.144. The van der Waals surface area contributed by atoms with Crippen molar-refractivity contribution in [1.82, 2.24) is 0 Å². The molecule has 0 atom stereocenters. The summed E-state index contributed by atoms with van der Waals surface area (Å²) in [6, 6.07) is 12.1. The Morgan fingerprint density at radius 2 is 0.634 bits per heavy atom. The van der Waals surface area contributed by atoms with Crippen molar-refractivity contribution >= 4 is 0 Å². The van der Waals surface area contributed by atoms with Crippen LogP contribution < -0.4 is 0 Å². The maximum absolute atomic E-state index is 13.9. The summed E-state index contributed by atoms with van der Waals surface area (Å²) in [7, 11) is 0. The zero-order valence-corrected chi connectivity index (χ0v) is 20.1. The molecule has 214 valence electrons. The number of rotatable bonds is 2. The van der Waals surface area contributed by atoms with Crippen molar-refractivity contribution in [2.24, 2.45) is 0 Å². The molecule has 4 aromatic rings. The predicted octanol–water partition coefficient (Wildman–Crippen LogP) is 10.1. The van der Waals surface area contributed by atoms with Crippen molar-refractivity contribution in [2.45, 2.75) is 30.1 Å². The van der Waals surface area contributed by atoms with Crippen LogP contribution in [-0.2, 0) is 30.1 Å². The fourth-order valence-electron chi connectivity index (χ4n) is 5.37. The van der Waals surface area contributed by atoms with Gasteiger partial charge in [0.25, 0.3) is 0 Å². The summed E-state index contributed by atoms with van der Waals surface area (Å²) >= 11 is 0. The van der Waals surface area contributed by atoms with Crippen LogP contribution >= 0.6 is 0 Å². The van der Waals surface area contributed by atoms with Gasteiger partial charge >= 0.3 is 24.7 Å². The Morgan fingerprint density at radius 3 is 0.902 bits per heavy atom. The van der Waals surface area contributed by atoms with Gasteiger partial charge in [-0.1, -0.05) is 48.5 Å². The molecular formula is C29H14F12. The number of benzene rings is 4. The molecule has 41 heavy (non-hydrogen) atoms. The van der Waals surface area contributed by atoms with E-state index in [2.05, 4.69) is 0 Å². The van der Waals surface area contributed by atoms with Gasteiger partial charge in [-0.3, -0.25) is 0 Å². The largest absolute Gasteiger partial charge is 0.416 e. The van der Waals surface area contributed by atoms with Crippen molar-refractivity contribution in [1.29, 1.82) is 0 Å². The molecule has 0 saturated carbocycles. The van der Waals surface area contributed by atoms with Crippen LogP contribution in [0.4, 0.5) is 52.7 Å². The van der Waals surface area contributed by atoms with E-state index in [-0.39, 0.29) is 34.4 Å². The Kier molecular flexibility index (Phi) is 6.28. The first-order valence-electron chi connectivity index (χ1n) is 11.6. The van der Waals surface area contributed by atoms with Gasteiger partial charge in [-0.15, -0.1) is 0 Å². The van der Waals surface area contributed by atoms with Crippen LogP contribution in [0.1, 0.15) is 44.5 Å². The van der Waals surface area contributed by atoms with Crippen molar-refractivity contribution in [3.05, 3.63) is 129 Å². The second-order valence-corrected chi connectivity index (χ2v) is 9.43. The van der Waals surface area contributed by atoms with Gasteiger partial charge in [0.1, 0.15) is 0 Å². The minimum Gasteiger partial charge on any atom is -0.166 e. The molecule has 0 nitrogen and oxygen atoms in total. The Labute approximate surface area is 223 Å². The highest BCUT2D eigenvalue weighted by Crippen LogP contribution is 2.58. The first-order valence-corrected chi connectivity index (χ1v) is 11.6. The SMILES string of the molecule is FC(F)(F)c1cc(C(F)(F)F)cc(C2(c3cc(C(F)(F)F)cc(C(F)(F)F)c3)c3ccccc3-c3ccccc32)c1. The Balaban J connectivity index is 2.03. The lowest BCUT2D eigenvalue weighted by atomic mass is 9.66. The molecule has 1 aliphatic rings. The fraction of sp³-hybridized carbons (Fsp3) is 0.172. The molecule has 0 spiro atoms. The van der Waals surface area contributed by atoms with E-state index in [1.807, 2.05) is 0 Å². The molecule has 5 rings (SSSR count). The second-order valence-electron chi connectivity index (χ2n) is 9.43. The normalized spacial score (nSPS) is 15.0. The lowest BCUT2D eigenvalue weighted by Crippen LogP contribution is -2.31. The van der Waals surface area contributed by atoms with Crippen molar-refractivity contribution in [2.75, 3.05) is 0 Å². The summed E-state index contributed by atoms with van der Waals surface area (Å²) in [5.41, 5.74) is -10.8. The molecule has 4 aromatic carbocycles. The van der Waals surface area contributed by atoms with E-state index in [1.54, 1.807) is 0 Å². The second kappa shape index (κ2) is 9.02. The number of alkyl halides is 12. The summed E-state index contributed by atoms with van der Waals surface area (Å²) < 4.78 is 167. The monoisotopic (exact) mass is 590 g/mol. The van der Waals surface area contributed by atoms with Crippen LogP contribution in [0.15, 0.2) is 84.9 Å². The molecule has 12 heteroatoms. The highest BCUT2D eigenvalue weighted by Gasteiger charge is 2.50. The standard InChI is InChI=1S/C29H14F12/c30-26(31,32)17-9-15(10-18(13-17)27(33,34)35)25(16-11-19(28(36,37)38)14-20(12-16)29(39,40)41)23-7-3-1-5-21(23)22-6-2-4-8-24(22)25/h1-14H. The maximum atomic E-state index is 13.9. The van der Waals surface area contributed by atoms with E-state index in [0.29, 0.717) is 24.3 Å². The molecule has 0 fully saturated rings. The van der Waals surface area contributed by atoms with Gasteiger partial charge < -0.3 is 0 Å². The van der Waals surface area contributed by atoms with E-state index in [9.17, 15) is 52.7 Å². The molecular weight excluding hydrogens is 576 g/mol. The summed E-state index contributed by atoms with van der Waals surface area (Å²) in [4.78, 5) is 0. The van der Waals surface area contributed by atoms with Gasteiger partial charge in [-0.2, -0.15) is 52.7 Å². The zero-order chi connectivity index (χ0) is 30.2. The Bertz CT molecular complexity index is 1450. The van der Waals surface area contributed by atoms with Crippen LogP contribution in [0.2, 0.25) is 0 Å². The summed E-state index contributed by atoms with van der Waals surface area (Å²) in [5.74, 6) is 0. The third kappa shape index (κ3) is 4.72. The van der Waals surface area contributed by atoms with E-state index in [1.165, 1.54) is 48.5 Å². The molecule has 0 amide bonds. The van der Waals surface area contributed by atoms with Crippen LogP contribution in [0.5, 0.6) is 0 Å². The molecule has 0 aromatic heterocycles. The highest BCUT2D eigenvalue weighted by molar-refractivity contribution is 5.86. The van der Waals surface area contributed by atoms with Crippen LogP contribution in [0, 0.1) is 0 Å². The predicted molar refractivity (Wildman–Crippen MR) is 124 cm³/mol. The molecule has 0 unspecified atom stereocenters. The highest BCUT2D eigenvalue weighted by atomic mass is 19.4. The van der Waals surface area contributed by atoms with Crippen molar-refractivity contribution in [3.63, 3.8) is 0 Å². The number of hydrogen-bond acceptors (Lipinski definition) is 0. The van der Waals surface area contributed by atoms with Crippen molar-refractivity contribution in [3.8, 4) is 11.1 Å². The Hall–Kier alpha value is -3.96. The molecule has 0 aliphatic heterocycles. The third-order valence-electron chi connectivity index (χ3n) is 6.99. The molecule has 0 heterocycles. The molecule has 0 radical (unpaired) electrons. The molecule has 1 aliphatic carbocycles. The third-order valence-corrected chi connectivity index (χ3v) is 6.99. The number of halogens is 12. The number of fused-ring (bicyclic) bond motifs is 3. The first kappa shape index (κ1) is 28.6. The van der Waals surface area contributed by atoms with Crippen LogP contribution in [0.25, 0.3) is 11.1 Å². The average Bonchev–Trinajstić information content (AvgIpc) is 3.17. The van der Waals surface area contributed by atoms with Crippen LogP contribution in [-0.4, -0.2) is 0 Å². The topological polar surface area (TPSA) is 0 Å². The molecule has 0 saturated heterocycles.